The lowest BCUT2D eigenvalue weighted by atomic mass is 9.99. The van der Waals surface area contributed by atoms with Crippen LogP contribution >= 0.6 is 0 Å². The molecule has 2 fully saturated rings. The minimum atomic E-state index is 0.368. The van der Waals surface area contributed by atoms with E-state index >= 15 is 0 Å². The van der Waals surface area contributed by atoms with Crippen LogP contribution in [0.3, 0.4) is 0 Å². The van der Waals surface area contributed by atoms with E-state index in [1.807, 2.05) is 0 Å². The van der Waals surface area contributed by atoms with E-state index in [0.717, 1.165) is 5.92 Å². The smallest absolute Gasteiger partial charge is 0.0586 e. The molecule has 0 spiro atoms. The highest BCUT2D eigenvalue weighted by Gasteiger charge is 2.25. The fourth-order valence-electron chi connectivity index (χ4n) is 3.03. The first-order valence-corrected chi connectivity index (χ1v) is 6.25. The molecule has 1 unspecified atom stereocenters. The van der Waals surface area contributed by atoms with Crippen molar-refractivity contribution in [2.45, 2.75) is 51.0 Å². The first kappa shape index (κ1) is 10.4. The van der Waals surface area contributed by atoms with Gasteiger partial charge in [-0.2, -0.15) is 0 Å². The molecule has 2 aliphatic rings. The van der Waals surface area contributed by atoms with Gasteiger partial charge in [0, 0.05) is 12.6 Å². The topological polar surface area (TPSA) is 23.5 Å². The van der Waals surface area contributed by atoms with E-state index in [1.54, 1.807) is 0 Å². The average Bonchev–Trinajstić information content (AvgIpc) is 2.71. The lowest BCUT2D eigenvalue weighted by Gasteiger charge is -2.36. The van der Waals surface area contributed by atoms with Crippen molar-refractivity contribution < 1.29 is 5.11 Å². The predicted octanol–water partition coefficient (Wildman–Crippen LogP) is 2.02. The van der Waals surface area contributed by atoms with Crippen molar-refractivity contribution in [1.29, 1.82) is 0 Å². The predicted molar refractivity (Wildman–Crippen MR) is 58.3 cm³/mol. The number of piperidine rings is 1. The molecule has 0 aromatic heterocycles. The Hall–Kier alpha value is -0.0800. The number of rotatable bonds is 3. The lowest BCUT2D eigenvalue weighted by molar-refractivity contribution is 0.0767. The minimum absolute atomic E-state index is 0.368. The molecule has 1 atom stereocenters. The molecule has 1 aliphatic heterocycles. The summed E-state index contributed by atoms with van der Waals surface area (Å²) in [6.45, 7) is 2.85. The summed E-state index contributed by atoms with van der Waals surface area (Å²) >= 11 is 0. The average molecular weight is 197 g/mol. The minimum Gasteiger partial charge on any atom is -0.395 e. The fourth-order valence-corrected chi connectivity index (χ4v) is 3.03. The number of aliphatic hydroxyl groups is 1. The number of aliphatic hydroxyl groups excluding tert-OH is 1. The van der Waals surface area contributed by atoms with Gasteiger partial charge in [-0.1, -0.05) is 19.3 Å². The third-order valence-electron chi connectivity index (χ3n) is 3.93. The molecular formula is C12H23NO. The van der Waals surface area contributed by atoms with Gasteiger partial charge >= 0.3 is 0 Å². The zero-order chi connectivity index (χ0) is 9.80. The Balaban J connectivity index is 1.81. The summed E-state index contributed by atoms with van der Waals surface area (Å²) in [5, 5.41) is 9.29. The second kappa shape index (κ2) is 5.13. The molecule has 1 saturated carbocycles. The van der Waals surface area contributed by atoms with Crippen molar-refractivity contribution >= 4 is 0 Å². The van der Waals surface area contributed by atoms with E-state index in [9.17, 15) is 5.11 Å². The Labute approximate surface area is 87.3 Å². The monoisotopic (exact) mass is 197 g/mol. The zero-order valence-electron chi connectivity index (χ0n) is 9.12. The Morgan fingerprint density at radius 3 is 2.43 bits per heavy atom. The van der Waals surface area contributed by atoms with E-state index < -0.39 is 0 Å². The summed E-state index contributed by atoms with van der Waals surface area (Å²) in [6.07, 6.45) is 9.58. The summed E-state index contributed by atoms with van der Waals surface area (Å²) < 4.78 is 0. The Bertz CT molecular complexity index is 166. The van der Waals surface area contributed by atoms with Crippen molar-refractivity contribution in [2.75, 3.05) is 19.7 Å². The van der Waals surface area contributed by atoms with E-state index in [-0.39, 0.29) is 0 Å². The van der Waals surface area contributed by atoms with Crippen molar-refractivity contribution in [2.24, 2.45) is 5.92 Å². The van der Waals surface area contributed by atoms with Gasteiger partial charge in [-0.05, 0) is 38.1 Å². The van der Waals surface area contributed by atoms with Gasteiger partial charge < -0.3 is 5.11 Å². The number of likely N-dealkylation sites (tertiary alicyclic amines) is 1. The lowest BCUT2D eigenvalue weighted by Crippen LogP contribution is -2.43. The largest absolute Gasteiger partial charge is 0.395 e. The molecule has 0 amide bonds. The van der Waals surface area contributed by atoms with Gasteiger partial charge in [-0.25, -0.2) is 0 Å². The zero-order valence-corrected chi connectivity index (χ0v) is 9.12. The third-order valence-corrected chi connectivity index (χ3v) is 3.93. The molecule has 1 aliphatic carbocycles. The number of hydrogen-bond acceptors (Lipinski definition) is 2. The van der Waals surface area contributed by atoms with Crippen LogP contribution in [0.4, 0.5) is 0 Å². The van der Waals surface area contributed by atoms with Crippen LogP contribution in [-0.4, -0.2) is 35.7 Å². The highest BCUT2D eigenvalue weighted by Crippen LogP contribution is 2.27. The van der Waals surface area contributed by atoms with Crippen molar-refractivity contribution in [3.8, 4) is 0 Å². The van der Waals surface area contributed by atoms with Crippen molar-refractivity contribution in [3.05, 3.63) is 0 Å². The Morgan fingerprint density at radius 2 is 1.71 bits per heavy atom. The summed E-state index contributed by atoms with van der Waals surface area (Å²) in [6, 6.07) is 0.476. The van der Waals surface area contributed by atoms with Crippen molar-refractivity contribution in [3.63, 3.8) is 0 Å². The number of hydrogen-bond donors (Lipinski definition) is 1. The Morgan fingerprint density at radius 1 is 1.00 bits per heavy atom. The molecule has 1 saturated heterocycles. The van der Waals surface area contributed by atoms with Gasteiger partial charge in [0.2, 0.25) is 0 Å². The normalized spacial score (nSPS) is 31.1. The highest BCUT2D eigenvalue weighted by molar-refractivity contribution is 4.80. The van der Waals surface area contributed by atoms with Crippen molar-refractivity contribution in [1.82, 2.24) is 4.90 Å². The summed E-state index contributed by atoms with van der Waals surface area (Å²) in [5.74, 6) is 0.933. The molecule has 1 heterocycles. The van der Waals surface area contributed by atoms with Gasteiger partial charge in [0.25, 0.3) is 0 Å². The van der Waals surface area contributed by atoms with Crippen LogP contribution in [0.1, 0.15) is 44.9 Å². The summed E-state index contributed by atoms with van der Waals surface area (Å²) in [7, 11) is 0. The van der Waals surface area contributed by atoms with Gasteiger partial charge in [0.05, 0.1) is 6.61 Å². The third kappa shape index (κ3) is 2.48. The molecule has 1 N–H and O–H groups in total. The maximum atomic E-state index is 9.29. The van der Waals surface area contributed by atoms with Crippen LogP contribution in [0.15, 0.2) is 0 Å². The number of nitrogens with zero attached hydrogens (tertiary/aromatic N) is 1. The van der Waals surface area contributed by atoms with Crippen LogP contribution in [0.2, 0.25) is 0 Å². The fraction of sp³-hybridized carbons (Fsp3) is 1.00. The van der Waals surface area contributed by atoms with Crippen LogP contribution in [0.25, 0.3) is 0 Å². The quantitative estimate of drug-likeness (QED) is 0.748. The van der Waals surface area contributed by atoms with Gasteiger partial charge in [-0.15, -0.1) is 0 Å². The first-order chi connectivity index (χ1) is 6.90. The van der Waals surface area contributed by atoms with E-state index in [2.05, 4.69) is 4.90 Å². The highest BCUT2D eigenvalue weighted by atomic mass is 16.3. The van der Waals surface area contributed by atoms with Gasteiger partial charge in [0.1, 0.15) is 0 Å². The van der Waals surface area contributed by atoms with Gasteiger partial charge in [-0.3, -0.25) is 4.90 Å². The first-order valence-electron chi connectivity index (χ1n) is 6.25. The van der Waals surface area contributed by atoms with Crippen LogP contribution in [0.5, 0.6) is 0 Å². The van der Waals surface area contributed by atoms with E-state index in [4.69, 9.17) is 0 Å². The molecule has 14 heavy (non-hydrogen) atoms. The SMILES string of the molecule is OCC1CCCCN1CC1CCCC1. The van der Waals surface area contributed by atoms with E-state index in [1.165, 1.54) is 58.0 Å². The molecular weight excluding hydrogens is 174 g/mol. The molecule has 0 bridgehead atoms. The molecule has 2 nitrogen and oxygen atoms in total. The molecule has 0 aromatic rings. The molecule has 2 heteroatoms. The summed E-state index contributed by atoms with van der Waals surface area (Å²) in [4.78, 5) is 2.54. The summed E-state index contributed by atoms with van der Waals surface area (Å²) in [5.41, 5.74) is 0. The second-order valence-corrected chi connectivity index (χ2v) is 4.98. The molecule has 0 radical (unpaired) electrons. The Kier molecular flexibility index (Phi) is 3.82. The maximum Gasteiger partial charge on any atom is 0.0586 e. The molecule has 2 rings (SSSR count). The molecule has 82 valence electrons. The van der Waals surface area contributed by atoms with Crippen LogP contribution in [0, 0.1) is 5.92 Å². The second-order valence-electron chi connectivity index (χ2n) is 4.98. The standard InChI is InChI=1S/C12H23NO/c14-10-12-7-3-4-8-13(12)9-11-5-1-2-6-11/h11-12,14H,1-10H2. The molecule has 0 aromatic carbocycles. The van der Waals surface area contributed by atoms with Crippen LogP contribution < -0.4 is 0 Å². The van der Waals surface area contributed by atoms with E-state index in [0.29, 0.717) is 12.6 Å². The van der Waals surface area contributed by atoms with Crippen LogP contribution in [-0.2, 0) is 0 Å². The maximum absolute atomic E-state index is 9.29. The van der Waals surface area contributed by atoms with Gasteiger partial charge in [0.15, 0.2) is 0 Å².